The number of amides is 3. The fourth-order valence-electron chi connectivity index (χ4n) is 12.7. The molecule has 2 heterocycles. The molecular weight excluding hydrogens is 749 g/mol. The smallest absolute Gasteiger partial charge is 0.315 e. The van der Waals surface area contributed by atoms with Crippen molar-refractivity contribution < 1.29 is 24.2 Å². The van der Waals surface area contributed by atoms with E-state index in [2.05, 4.69) is 109 Å². The van der Waals surface area contributed by atoms with E-state index in [9.17, 15) is 14.7 Å². The third kappa shape index (κ3) is 9.06. The van der Waals surface area contributed by atoms with Gasteiger partial charge < -0.3 is 30.5 Å². The van der Waals surface area contributed by atoms with Crippen LogP contribution in [0.2, 0.25) is 0 Å². The SMILES string of the molecule is C[C@H]1[C@@H](CN2[C@@H](C(=O)NC(C)(C)C)CC[C@H]3CCCC[C@H]32)O[C@@H](c2cccc(-c3cccc(CNC(=O)NC45CC6CC(CC(C6)C4)C5)c3)c2)O[C@H]1c1ccc(CO)cc1. The molecule has 4 bridgehead atoms. The molecule has 10 rings (SSSR count). The van der Waals surface area contributed by atoms with Crippen LogP contribution in [-0.2, 0) is 27.4 Å². The maximum Gasteiger partial charge on any atom is 0.315 e. The van der Waals surface area contributed by atoms with Gasteiger partial charge in [0.25, 0.3) is 0 Å². The fourth-order valence-corrected chi connectivity index (χ4v) is 12.7. The molecule has 0 radical (unpaired) electrons. The van der Waals surface area contributed by atoms with Crippen LogP contribution >= 0.6 is 0 Å². The Morgan fingerprint density at radius 3 is 2.18 bits per heavy atom. The van der Waals surface area contributed by atoms with Crippen LogP contribution in [-0.4, -0.2) is 57.8 Å². The summed E-state index contributed by atoms with van der Waals surface area (Å²) in [6, 6.07) is 25.1. The summed E-state index contributed by atoms with van der Waals surface area (Å²) in [6.45, 7) is 9.51. The van der Waals surface area contributed by atoms with Gasteiger partial charge in [0.05, 0.1) is 24.9 Å². The standard InChI is InChI=1S/C51H68N4O5/c1-32-45(30-55-43-14-6-5-10-38(43)19-20-44(55)47(57)53-50(2,3)4)59-48(60-46(32)39-17-15-33(31-56)16-18-39)42-13-8-12-41(25-42)40-11-7-9-34(24-40)29-52-49(58)54-51-26-35-21-36(27-51)23-37(22-35)28-51/h7-9,11-13,15-18,24-25,32,35-38,43-46,48,56H,5-6,10,14,19-23,26-31H2,1-4H3,(H,53,57)(H2,52,54,58)/t32-,35?,36?,37?,38+,43+,44+,45+,46+,48+,51?/m0/s1. The highest BCUT2D eigenvalue weighted by atomic mass is 16.7. The van der Waals surface area contributed by atoms with Gasteiger partial charge in [0.15, 0.2) is 6.29 Å². The number of carbonyl (C=O) groups is 2. The number of rotatable bonds is 10. The molecule has 7 fully saturated rings. The number of likely N-dealkylation sites (tertiary alicyclic amines) is 1. The fraction of sp³-hybridized carbons (Fsp3) is 0.608. The number of hydrogen-bond acceptors (Lipinski definition) is 6. The summed E-state index contributed by atoms with van der Waals surface area (Å²) in [5.74, 6) is 3.07. The van der Waals surface area contributed by atoms with Gasteiger partial charge in [0, 0.05) is 41.7 Å². The second kappa shape index (κ2) is 17.2. The summed E-state index contributed by atoms with van der Waals surface area (Å²) < 4.78 is 14.0. The number of urea groups is 1. The van der Waals surface area contributed by atoms with Gasteiger partial charge in [0.1, 0.15) is 0 Å². The van der Waals surface area contributed by atoms with E-state index in [0.717, 1.165) is 89.7 Å². The summed E-state index contributed by atoms with van der Waals surface area (Å²) in [7, 11) is 0. The molecule has 2 aliphatic heterocycles. The minimum atomic E-state index is -0.624. The van der Waals surface area contributed by atoms with E-state index < -0.39 is 6.29 Å². The summed E-state index contributed by atoms with van der Waals surface area (Å²) in [4.78, 5) is 29.8. The maximum atomic E-state index is 14.0. The summed E-state index contributed by atoms with van der Waals surface area (Å²) in [5, 5.41) is 19.8. The molecular formula is C51H68N4O5. The zero-order chi connectivity index (χ0) is 41.6. The molecule has 3 amide bonds. The molecule has 5 aliphatic carbocycles. The maximum absolute atomic E-state index is 14.0. The first-order chi connectivity index (χ1) is 28.9. The minimum absolute atomic E-state index is 0.00373. The number of aliphatic hydroxyl groups is 1. The molecule has 9 heteroatoms. The van der Waals surface area contributed by atoms with E-state index >= 15 is 0 Å². The number of ether oxygens (including phenoxy) is 2. The third-order valence-corrected chi connectivity index (χ3v) is 15.1. The Morgan fingerprint density at radius 2 is 1.48 bits per heavy atom. The predicted molar refractivity (Wildman–Crippen MR) is 234 cm³/mol. The highest BCUT2D eigenvalue weighted by Gasteiger charge is 2.52. The molecule has 0 spiro atoms. The van der Waals surface area contributed by atoms with Gasteiger partial charge in [0.2, 0.25) is 5.91 Å². The van der Waals surface area contributed by atoms with Crippen LogP contribution in [0.3, 0.4) is 0 Å². The van der Waals surface area contributed by atoms with Gasteiger partial charge in [-0.2, -0.15) is 0 Å². The van der Waals surface area contributed by atoms with Gasteiger partial charge in [-0.05, 0) is 149 Å². The Balaban J connectivity index is 0.941. The molecule has 9 nitrogen and oxygen atoms in total. The second-order valence-corrected chi connectivity index (χ2v) is 20.8. The first-order valence-electron chi connectivity index (χ1n) is 23.2. The first kappa shape index (κ1) is 41.6. The van der Waals surface area contributed by atoms with Gasteiger partial charge in [-0.15, -0.1) is 0 Å². The van der Waals surface area contributed by atoms with Crippen molar-refractivity contribution >= 4 is 11.9 Å². The zero-order valence-corrected chi connectivity index (χ0v) is 36.3. The Bertz CT molecular complexity index is 1960. The van der Waals surface area contributed by atoms with Crippen LogP contribution in [0.1, 0.15) is 139 Å². The number of aliphatic hydroxyl groups excluding tert-OH is 1. The van der Waals surface area contributed by atoms with Crippen molar-refractivity contribution in [3.8, 4) is 11.1 Å². The Hall–Kier alpha value is -3.76. The van der Waals surface area contributed by atoms with E-state index in [0.29, 0.717) is 25.0 Å². The van der Waals surface area contributed by atoms with Crippen LogP contribution < -0.4 is 16.0 Å². The second-order valence-electron chi connectivity index (χ2n) is 20.8. The summed E-state index contributed by atoms with van der Waals surface area (Å²) >= 11 is 0. The number of piperidine rings is 1. The number of nitrogens with zero attached hydrogens (tertiary/aromatic N) is 1. The topological polar surface area (TPSA) is 112 Å². The van der Waals surface area contributed by atoms with Crippen LogP contribution in [0.25, 0.3) is 11.1 Å². The van der Waals surface area contributed by atoms with Crippen LogP contribution in [0.4, 0.5) is 4.79 Å². The molecule has 4 N–H and O–H groups in total. The Labute approximate surface area is 357 Å². The molecule has 3 aromatic rings. The Kier molecular flexibility index (Phi) is 11.9. The van der Waals surface area contributed by atoms with Crippen molar-refractivity contribution in [2.45, 2.75) is 160 Å². The van der Waals surface area contributed by atoms with Crippen LogP contribution in [0.5, 0.6) is 0 Å². The predicted octanol–water partition coefficient (Wildman–Crippen LogP) is 9.34. The van der Waals surface area contributed by atoms with Crippen molar-refractivity contribution in [3.63, 3.8) is 0 Å². The highest BCUT2D eigenvalue weighted by Crippen LogP contribution is 2.55. The third-order valence-electron chi connectivity index (χ3n) is 15.1. The van der Waals surface area contributed by atoms with Crippen LogP contribution in [0.15, 0.2) is 72.8 Å². The first-order valence-corrected chi connectivity index (χ1v) is 23.2. The van der Waals surface area contributed by atoms with Crippen LogP contribution in [0, 0.1) is 29.6 Å². The van der Waals surface area contributed by atoms with Crippen molar-refractivity contribution in [1.29, 1.82) is 0 Å². The normalized spacial score (nSPS) is 33.8. The quantitative estimate of drug-likeness (QED) is 0.162. The lowest BCUT2D eigenvalue weighted by Gasteiger charge is -2.56. The van der Waals surface area contributed by atoms with E-state index in [1.54, 1.807) is 0 Å². The average molecular weight is 817 g/mol. The molecule has 5 saturated carbocycles. The largest absolute Gasteiger partial charge is 0.392 e. The molecule has 0 aromatic heterocycles. The summed E-state index contributed by atoms with van der Waals surface area (Å²) in [6.07, 6.45) is 13.1. The molecule has 2 saturated heterocycles. The molecule has 7 aliphatic rings. The molecule has 60 heavy (non-hydrogen) atoms. The monoisotopic (exact) mass is 817 g/mol. The lowest BCUT2D eigenvalue weighted by Crippen LogP contribution is -2.61. The van der Waals surface area contributed by atoms with E-state index in [-0.39, 0.29) is 53.8 Å². The number of nitrogens with one attached hydrogen (secondary N) is 3. The van der Waals surface area contributed by atoms with Gasteiger partial charge >= 0.3 is 6.03 Å². The lowest BCUT2D eigenvalue weighted by atomic mass is 9.53. The number of hydrogen-bond donors (Lipinski definition) is 4. The number of fused-ring (bicyclic) bond motifs is 1. The molecule has 0 unspecified atom stereocenters. The number of carbonyl (C=O) groups excluding carboxylic acids is 2. The van der Waals surface area contributed by atoms with Crippen molar-refractivity contribution in [2.24, 2.45) is 29.6 Å². The van der Waals surface area contributed by atoms with Crippen molar-refractivity contribution in [1.82, 2.24) is 20.9 Å². The van der Waals surface area contributed by atoms with Gasteiger partial charge in [-0.3, -0.25) is 9.69 Å². The Morgan fingerprint density at radius 1 is 0.800 bits per heavy atom. The lowest BCUT2D eigenvalue weighted by molar-refractivity contribution is -0.278. The zero-order valence-electron chi connectivity index (χ0n) is 36.3. The average Bonchev–Trinajstić information content (AvgIpc) is 3.22. The van der Waals surface area contributed by atoms with E-state index in [4.69, 9.17) is 9.47 Å². The number of benzene rings is 3. The van der Waals surface area contributed by atoms with E-state index in [1.165, 1.54) is 38.5 Å². The minimum Gasteiger partial charge on any atom is -0.392 e. The van der Waals surface area contributed by atoms with Gasteiger partial charge in [-0.25, -0.2) is 4.79 Å². The molecule has 3 aromatic carbocycles. The summed E-state index contributed by atoms with van der Waals surface area (Å²) in [5.41, 5.74) is 5.71. The molecule has 7 atom stereocenters. The van der Waals surface area contributed by atoms with E-state index in [1.807, 2.05) is 12.1 Å². The van der Waals surface area contributed by atoms with Crippen molar-refractivity contribution in [3.05, 3.63) is 95.1 Å². The van der Waals surface area contributed by atoms with Gasteiger partial charge in [-0.1, -0.05) is 80.4 Å². The highest BCUT2D eigenvalue weighted by molar-refractivity contribution is 5.82. The molecule has 322 valence electrons. The van der Waals surface area contributed by atoms with Crippen molar-refractivity contribution in [2.75, 3.05) is 6.54 Å².